The van der Waals surface area contributed by atoms with Crippen LogP contribution in [-0.4, -0.2) is 56.0 Å². The van der Waals surface area contributed by atoms with Crippen molar-refractivity contribution in [1.82, 2.24) is 9.80 Å². The van der Waals surface area contributed by atoms with Crippen LogP contribution in [-0.2, 0) is 0 Å². The number of carbonyl (C=O) groups is 1. The average Bonchev–Trinajstić information content (AvgIpc) is 2.40. The van der Waals surface area contributed by atoms with Gasteiger partial charge in [0.1, 0.15) is 0 Å². The molecule has 5 nitrogen and oxygen atoms in total. The number of carbonyl (C=O) groups excluding carboxylic acids is 1. The predicted octanol–water partition coefficient (Wildman–Crippen LogP) is 1.48. The number of benzene rings is 1. The Hall–Kier alpha value is -1.75. The molecule has 1 saturated heterocycles. The van der Waals surface area contributed by atoms with Crippen LogP contribution >= 0.6 is 0 Å². The molecule has 110 valence electrons. The van der Waals surface area contributed by atoms with Crippen molar-refractivity contribution in [2.24, 2.45) is 0 Å². The summed E-state index contributed by atoms with van der Waals surface area (Å²) in [7, 11) is 5.63. The Bertz CT molecular complexity index is 487. The van der Waals surface area contributed by atoms with Gasteiger partial charge in [-0.3, -0.25) is 4.79 Å². The smallest absolute Gasteiger partial charge is 0.253 e. The minimum Gasteiger partial charge on any atom is -0.397 e. The number of hydrogen-bond acceptors (Lipinski definition) is 4. The summed E-state index contributed by atoms with van der Waals surface area (Å²) >= 11 is 0. The molecule has 1 aliphatic heterocycles. The van der Waals surface area contributed by atoms with Crippen molar-refractivity contribution in [2.75, 3.05) is 45.3 Å². The summed E-state index contributed by atoms with van der Waals surface area (Å²) in [5, 5.41) is 3.48. The highest BCUT2D eigenvalue weighted by molar-refractivity contribution is 5.95. The topological polar surface area (TPSA) is 61.6 Å². The molecule has 1 fully saturated rings. The van der Waals surface area contributed by atoms with E-state index in [2.05, 4.69) is 17.3 Å². The number of amides is 1. The summed E-state index contributed by atoms with van der Waals surface area (Å²) in [6, 6.07) is 5.81. The molecule has 0 aliphatic carbocycles. The number of rotatable bonds is 3. The highest BCUT2D eigenvalue weighted by Gasteiger charge is 2.18. The Balaban J connectivity index is 2.14. The summed E-state index contributed by atoms with van der Waals surface area (Å²) in [6.07, 6.45) is 2.32. The molecule has 1 aromatic carbocycles. The summed E-state index contributed by atoms with van der Waals surface area (Å²) in [5.74, 6) is -0.00573. The number of nitrogen functional groups attached to an aromatic ring is 1. The number of likely N-dealkylation sites (N-methyl/N-ethyl adjacent to an activating group) is 1. The normalized spacial score (nSPS) is 19.6. The van der Waals surface area contributed by atoms with E-state index < -0.39 is 0 Å². The molecule has 1 unspecified atom stereocenters. The predicted molar refractivity (Wildman–Crippen MR) is 83.0 cm³/mol. The molecule has 20 heavy (non-hydrogen) atoms. The van der Waals surface area contributed by atoms with Crippen LogP contribution in [0, 0.1) is 0 Å². The molecule has 0 spiro atoms. The lowest BCUT2D eigenvalue weighted by Gasteiger charge is -2.31. The number of nitrogens with two attached hydrogens (primary N) is 1. The fourth-order valence-corrected chi connectivity index (χ4v) is 2.58. The molecule has 2 rings (SSSR count). The average molecular weight is 276 g/mol. The van der Waals surface area contributed by atoms with Gasteiger partial charge < -0.3 is 20.9 Å². The third kappa shape index (κ3) is 3.42. The van der Waals surface area contributed by atoms with E-state index in [1.165, 1.54) is 6.42 Å². The van der Waals surface area contributed by atoms with Crippen LogP contribution in [0.5, 0.6) is 0 Å². The van der Waals surface area contributed by atoms with Gasteiger partial charge in [-0.1, -0.05) is 0 Å². The van der Waals surface area contributed by atoms with Gasteiger partial charge in [-0.15, -0.1) is 0 Å². The zero-order chi connectivity index (χ0) is 14.7. The Kier molecular flexibility index (Phi) is 4.49. The quantitative estimate of drug-likeness (QED) is 0.821. The maximum Gasteiger partial charge on any atom is 0.253 e. The van der Waals surface area contributed by atoms with Gasteiger partial charge in [0.15, 0.2) is 0 Å². The van der Waals surface area contributed by atoms with Gasteiger partial charge in [0, 0.05) is 32.2 Å². The number of likely N-dealkylation sites (tertiary alicyclic amines) is 1. The van der Waals surface area contributed by atoms with Crippen molar-refractivity contribution in [3.05, 3.63) is 23.8 Å². The van der Waals surface area contributed by atoms with Gasteiger partial charge in [0.2, 0.25) is 0 Å². The van der Waals surface area contributed by atoms with Crippen molar-refractivity contribution in [1.29, 1.82) is 0 Å². The molecule has 0 aromatic heterocycles. The molecule has 0 bridgehead atoms. The first kappa shape index (κ1) is 14.7. The Morgan fingerprint density at radius 3 is 2.85 bits per heavy atom. The molecular weight excluding hydrogens is 252 g/mol. The molecule has 5 heteroatoms. The van der Waals surface area contributed by atoms with Crippen molar-refractivity contribution in [2.45, 2.75) is 18.9 Å². The fraction of sp³-hybridized carbons (Fsp3) is 0.533. The monoisotopic (exact) mass is 276 g/mol. The molecule has 1 aromatic rings. The summed E-state index contributed by atoms with van der Waals surface area (Å²) in [4.78, 5) is 15.9. The minimum atomic E-state index is -0.00573. The Morgan fingerprint density at radius 2 is 2.20 bits per heavy atom. The number of nitrogens with one attached hydrogen (secondary N) is 1. The van der Waals surface area contributed by atoms with E-state index in [9.17, 15) is 4.79 Å². The first-order valence-electron chi connectivity index (χ1n) is 7.03. The first-order chi connectivity index (χ1) is 9.47. The lowest BCUT2D eigenvalue weighted by Crippen LogP contribution is -2.39. The highest BCUT2D eigenvalue weighted by Crippen LogP contribution is 2.23. The molecule has 0 radical (unpaired) electrons. The zero-order valence-electron chi connectivity index (χ0n) is 12.5. The van der Waals surface area contributed by atoms with Crippen LogP contribution in [0.2, 0.25) is 0 Å². The molecule has 1 heterocycles. The van der Waals surface area contributed by atoms with Gasteiger partial charge in [0.05, 0.1) is 11.4 Å². The largest absolute Gasteiger partial charge is 0.397 e. The van der Waals surface area contributed by atoms with Gasteiger partial charge in [0.25, 0.3) is 5.91 Å². The lowest BCUT2D eigenvalue weighted by atomic mass is 10.0. The number of hydrogen-bond donors (Lipinski definition) is 2. The zero-order valence-corrected chi connectivity index (χ0v) is 12.5. The minimum absolute atomic E-state index is 0.00573. The second kappa shape index (κ2) is 6.13. The van der Waals surface area contributed by atoms with E-state index >= 15 is 0 Å². The van der Waals surface area contributed by atoms with Gasteiger partial charge >= 0.3 is 0 Å². The van der Waals surface area contributed by atoms with Gasteiger partial charge in [-0.05, 0) is 44.6 Å². The van der Waals surface area contributed by atoms with Crippen molar-refractivity contribution in [3.63, 3.8) is 0 Å². The summed E-state index contributed by atoms with van der Waals surface area (Å²) in [5.41, 5.74) is 8.23. The van der Waals surface area contributed by atoms with E-state index in [0.717, 1.165) is 25.2 Å². The highest BCUT2D eigenvalue weighted by atomic mass is 16.2. The van der Waals surface area contributed by atoms with Crippen LogP contribution in [0.3, 0.4) is 0 Å². The van der Waals surface area contributed by atoms with Crippen molar-refractivity contribution >= 4 is 17.3 Å². The van der Waals surface area contributed by atoms with Crippen LogP contribution in [0.25, 0.3) is 0 Å². The summed E-state index contributed by atoms with van der Waals surface area (Å²) < 4.78 is 0. The van der Waals surface area contributed by atoms with E-state index in [1.807, 2.05) is 6.07 Å². The summed E-state index contributed by atoms with van der Waals surface area (Å²) in [6.45, 7) is 2.15. The number of anilines is 2. The second-order valence-electron chi connectivity index (χ2n) is 5.75. The standard InChI is InChI=1S/C15H24N4O/c1-18(2)15(20)11-6-7-13(16)14(9-11)17-12-5-4-8-19(3)10-12/h6-7,9,12,17H,4-5,8,10,16H2,1-3H3. The molecule has 1 amide bonds. The van der Waals surface area contributed by atoms with Gasteiger partial charge in [-0.2, -0.15) is 0 Å². The fourth-order valence-electron chi connectivity index (χ4n) is 2.58. The molecule has 1 atom stereocenters. The third-order valence-corrected chi connectivity index (χ3v) is 3.69. The molecule has 3 N–H and O–H groups in total. The SMILES string of the molecule is CN1CCCC(Nc2cc(C(=O)N(C)C)ccc2N)C1. The number of nitrogens with zero attached hydrogens (tertiary/aromatic N) is 2. The van der Waals surface area contributed by atoms with E-state index in [-0.39, 0.29) is 5.91 Å². The van der Waals surface area contributed by atoms with Crippen LogP contribution in [0.15, 0.2) is 18.2 Å². The van der Waals surface area contributed by atoms with E-state index in [4.69, 9.17) is 5.73 Å². The van der Waals surface area contributed by atoms with Gasteiger partial charge in [-0.25, -0.2) is 0 Å². The second-order valence-corrected chi connectivity index (χ2v) is 5.75. The van der Waals surface area contributed by atoms with Crippen LogP contribution in [0.1, 0.15) is 23.2 Å². The Morgan fingerprint density at radius 1 is 1.45 bits per heavy atom. The molecule has 1 aliphatic rings. The Labute approximate surface area is 120 Å². The van der Waals surface area contributed by atoms with Crippen LogP contribution in [0.4, 0.5) is 11.4 Å². The van der Waals surface area contributed by atoms with E-state index in [0.29, 0.717) is 17.3 Å². The first-order valence-corrected chi connectivity index (χ1v) is 7.03. The molecule has 0 saturated carbocycles. The maximum absolute atomic E-state index is 12.0. The van der Waals surface area contributed by atoms with Crippen molar-refractivity contribution in [3.8, 4) is 0 Å². The molecular formula is C15H24N4O. The third-order valence-electron chi connectivity index (χ3n) is 3.69. The maximum atomic E-state index is 12.0. The van der Waals surface area contributed by atoms with Crippen LogP contribution < -0.4 is 11.1 Å². The van der Waals surface area contributed by atoms with E-state index in [1.54, 1.807) is 31.1 Å². The number of piperidine rings is 1. The lowest BCUT2D eigenvalue weighted by molar-refractivity contribution is 0.0827. The van der Waals surface area contributed by atoms with Crippen molar-refractivity contribution < 1.29 is 4.79 Å².